The zero-order valence-electron chi connectivity index (χ0n) is 14.1. The summed E-state index contributed by atoms with van der Waals surface area (Å²) in [6.07, 6.45) is -0.300. The van der Waals surface area contributed by atoms with E-state index in [1.807, 2.05) is 0 Å². The van der Waals surface area contributed by atoms with Crippen LogP contribution >= 0.6 is 46.4 Å². The number of Topliss-reactive ketones (excluding diaryl/α,β-unsaturated/α-hetero) is 1. The third-order valence-corrected chi connectivity index (χ3v) is 4.65. The number of hydrogen-bond donors (Lipinski definition) is 4. The van der Waals surface area contributed by atoms with E-state index in [1.54, 1.807) is 24.3 Å². The number of alkyl halides is 3. The molecule has 2 amide bonds. The van der Waals surface area contributed by atoms with E-state index >= 15 is 0 Å². The van der Waals surface area contributed by atoms with Crippen molar-refractivity contribution in [2.45, 2.75) is 16.3 Å². The minimum atomic E-state index is -1.94. The molecule has 0 radical (unpaired) electrons. The maximum Gasteiger partial charge on any atom is 0.319 e. The number of urea groups is 1. The number of carbonyl (C=O) groups is 2. The van der Waals surface area contributed by atoms with Crippen LogP contribution in [0.1, 0.15) is 16.8 Å². The van der Waals surface area contributed by atoms with Crippen molar-refractivity contribution in [3.8, 4) is 0 Å². The molecular weight excluding hydrogens is 452 g/mol. The van der Waals surface area contributed by atoms with Gasteiger partial charge in [-0.3, -0.25) is 15.2 Å². The summed E-state index contributed by atoms with van der Waals surface area (Å²) in [4.78, 5) is 24.6. The van der Waals surface area contributed by atoms with Crippen molar-refractivity contribution in [1.82, 2.24) is 5.32 Å². The third kappa shape index (κ3) is 6.70. The van der Waals surface area contributed by atoms with Crippen molar-refractivity contribution >= 4 is 69.6 Å². The molecule has 11 heteroatoms. The molecule has 0 bridgehead atoms. The molecule has 1 unspecified atom stereocenters. The lowest BCUT2D eigenvalue weighted by Crippen LogP contribution is -2.46. The minimum Gasteiger partial charge on any atom is -0.330 e. The number of ketones is 1. The normalized spacial score (nSPS) is 12.2. The fourth-order valence-corrected chi connectivity index (χ4v) is 2.71. The highest BCUT2D eigenvalue weighted by molar-refractivity contribution is 6.68. The van der Waals surface area contributed by atoms with Crippen LogP contribution in [-0.2, 0) is 0 Å². The number of hydrogen-bond acceptors (Lipinski definition) is 5. The van der Waals surface area contributed by atoms with E-state index in [4.69, 9.17) is 56.8 Å². The van der Waals surface area contributed by atoms with Gasteiger partial charge in [-0.2, -0.15) is 0 Å². The first-order valence-electron chi connectivity index (χ1n) is 7.77. The molecular formula is C17H15Cl4N3O4. The predicted molar refractivity (Wildman–Crippen MR) is 109 cm³/mol. The zero-order chi connectivity index (χ0) is 20.9. The van der Waals surface area contributed by atoms with Gasteiger partial charge >= 0.3 is 6.03 Å². The van der Waals surface area contributed by atoms with Gasteiger partial charge in [-0.25, -0.2) is 4.79 Å². The smallest absolute Gasteiger partial charge is 0.319 e. The lowest BCUT2D eigenvalue weighted by molar-refractivity contribution is 0.0291. The fraction of sp³-hybridized carbons (Fsp3) is 0.176. The molecule has 0 heterocycles. The van der Waals surface area contributed by atoms with Gasteiger partial charge in [0.05, 0.1) is 11.7 Å². The number of nitrogens with one attached hydrogen (secondary N) is 2. The van der Waals surface area contributed by atoms with E-state index in [1.165, 1.54) is 24.3 Å². The van der Waals surface area contributed by atoms with Crippen LogP contribution in [0, 0.1) is 0 Å². The summed E-state index contributed by atoms with van der Waals surface area (Å²) >= 11 is 23.5. The largest absolute Gasteiger partial charge is 0.330 e. The van der Waals surface area contributed by atoms with Gasteiger partial charge in [0.25, 0.3) is 0 Å². The number of anilines is 2. The Bertz CT molecular complexity index is 824. The summed E-state index contributed by atoms with van der Waals surface area (Å²) < 4.78 is -1.94. The van der Waals surface area contributed by atoms with Crippen LogP contribution in [0.3, 0.4) is 0 Å². The topological polar surface area (TPSA) is 102 Å². The van der Waals surface area contributed by atoms with Gasteiger partial charge in [-0.15, -0.1) is 5.23 Å². The Morgan fingerprint density at radius 3 is 2.07 bits per heavy atom. The molecule has 2 aromatic rings. The van der Waals surface area contributed by atoms with Crippen LogP contribution in [0.25, 0.3) is 0 Å². The number of amides is 2. The van der Waals surface area contributed by atoms with E-state index in [0.717, 1.165) is 0 Å². The minimum absolute atomic E-state index is 0.0648. The molecule has 0 aliphatic carbocycles. The van der Waals surface area contributed by atoms with Crippen LogP contribution in [-0.4, -0.2) is 32.1 Å². The predicted octanol–water partition coefficient (Wildman–Crippen LogP) is 5.06. The van der Waals surface area contributed by atoms with Gasteiger partial charge in [-0.05, 0) is 48.5 Å². The summed E-state index contributed by atoms with van der Waals surface area (Å²) in [5.74, 6) is -0.419. The van der Waals surface area contributed by atoms with Gasteiger partial charge in [-0.1, -0.05) is 46.4 Å². The fourth-order valence-electron chi connectivity index (χ4n) is 2.19. The van der Waals surface area contributed by atoms with Crippen LogP contribution in [0.2, 0.25) is 5.02 Å². The highest BCUT2D eigenvalue weighted by atomic mass is 35.6. The first-order chi connectivity index (χ1) is 13.1. The second-order valence-corrected chi connectivity index (χ2v) is 8.47. The molecule has 4 N–H and O–H groups in total. The van der Waals surface area contributed by atoms with Crippen molar-refractivity contribution in [1.29, 1.82) is 0 Å². The molecule has 0 spiro atoms. The molecule has 28 heavy (non-hydrogen) atoms. The van der Waals surface area contributed by atoms with E-state index in [0.29, 0.717) is 10.7 Å². The SMILES string of the molecule is O=C(Nc1ccc(Cl)cc1)NC(CC(=O)c1ccc(N(O)O)cc1)C(Cl)(Cl)Cl. The average molecular weight is 467 g/mol. The average Bonchev–Trinajstić information content (AvgIpc) is 2.62. The van der Waals surface area contributed by atoms with Crippen molar-refractivity contribution < 1.29 is 20.0 Å². The quantitative estimate of drug-likeness (QED) is 0.271. The first kappa shape index (κ1) is 22.5. The van der Waals surface area contributed by atoms with E-state index < -0.39 is 21.6 Å². The Morgan fingerprint density at radius 1 is 1.00 bits per heavy atom. The van der Waals surface area contributed by atoms with Gasteiger partial charge in [0.15, 0.2) is 5.78 Å². The molecule has 150 valence electrons. The van der Waals surface area contributed by atoms with Gasteiger partial charge in [0.1, 0.15) is 0 Å². The van der Waals surface area contributed by atoms with Crippen molar-refractivity contribution in [2.24, 2.45) is 0 Å². The molecule has 0 saturated carbocycles. The summed E-state index contributed by atoms with van der Waals surface area (Å²) in [6.45, 7) is 0. The number of rotatable bonds is 6. The molecule has 0 aromatic heterocycles. The summed E-state index contributed by atoms with van der Waals surface area (Å²) in [5.41, 5.74) is 0.768. The molecule has 2 rings (SSSR count). The summed E-state index contributed by atoms with van der Waals surface area (Å²) in [6, 6.07) is 9.96. The van der Waals surface area contributed by atoms with E-state index in [-0.39, 0.29) is 22.9 Å². The van der Waals surface area contributed by atoms with E-state index in [2.05, 4.69) is 10.6 Å². The monoisotopic (exact) mass is 465 g/mol. The lowest BCUT2D eigenvalue weighted by Gasteiger charge is -2.25. The second kappa shape index (κ2) is 9.65. The summed E-state index contributed by atoms with van der Waals surface area (Å²) in [5, 5.41) is 23.3. The molecule has 7 nitrogen and oxygen atoms in total. The second-order valence-electron chi connectivity index (χ2n) is 5.66. The highest BCUT2D eigenvalue weighted by Gasteiger charge is 2.35. The lowest BCUT2D eigenvalue weighted by atomic mass is 10.0. The first-order valence-corrected chi connectivity index (χ1v) is 9.28. The number of halogens is 4. The molecule has 2 aromatic carbocycles. The Balaban J connectivity index is 2.05. The Labute approximate surface area is 180 Å². The third-order valence-electron chi connectivity index (χ3n) is 3.61. The van der Waals surface area contributed by atoms with Crippen LogP contribution in [0.5, 0.6) is 0 Å². The van der Waals surface area contributed by atoms with Crippen LogP contribution in [0.15, 0.2) is 48.5 Å². The maximum atomic E-state index is 12.5. The van der Waals surface area contributed by atoms with Crippen molar-refractivity contribution in [3.63, 3.8) is 0 Å². The van der Waals surface area contributed by atoms with Gasteiger partial charge in [0.2, 0.25) is 3.79 Å². The Kier molecular flexibility index (Phi) is 7.77. The molecule has 0 aliphatic rings. The molecule has 0 saturated heterocycles. The Hall–Kier alpha value is -1.74. The van der Waals surface area contributed by atoms with Gasteiger partial charge < -0.3 is 10.6 Å². The van der Waals surface area contributed by atoms with Crippen molar-refractivity contribution in [3.05, 3.63) is 59.1 Å². The highest BCUT2D eigenvalue weighted by Crippen LogP contribution is 2.33. The molecule has 1 atom stereocenters. The molecule has 0 aliphatic heterocycles. The van der Waals surface area contributed by atoms with Crippen LogP contribution < -0.4 is 15.9 Å². The van der Waals surface area contributed by atoms with Crippen LogP contribution in [0.4, 0.5) is 16.2 Å². The number of nitrogens with zero attached hydrogens (tertiary/aromatic N) is 1. The maximum absolute atomic E-state index is 12.5. The standard InChI is InChI=1S/C17H15Cl4N3O4/c18-11-3-5-12(6-4-11)22-16(26)23-15(17(19,20)21)9-14(25)10-1-7-13(8-2-10)24(27)28/h1-8,15,27-28H,9H2,(H2,22,23,26). The Morgan fingerprint density at radius 2 is 1.57 bits per heavy atom. The number of carbonyl (C=O) groups excluding carboxylic acids is 2. The van der Waals surface area contributed by atoms with Gasteiger partial charge in [0, 0.05) is 22.7 Å². The summed E-state index contributed by atoms with van der Waals surface area (Å²) in [7, 11) is 0. The molecule has 0 fully saturated rings. The van der Waals surface area contributed by atoms with E-state index in [9.17, 15) is 9.59 Å². The van der Waals surface area contributed by atoms with Crippen molar-refractivity contribution in [2.75, 3.05) is 10.5 Å². The number of benzene rings is 2. The zero-order valence-corrected chi connectivity index (χ0v) is 17.1.